The number of hydrogen-bond donors (Lipinski definition) is 2. The van der Waals surface area contributed by atoms with Gasteiger partial charge >= 0.3 is 6.36 Å². The normalized spacial score (nSPS) is 12.8. The van der Waals surface area contributed by atoms with Crippen LogP contribution in [0.15, 0.2) is 54.6 Å². The zero-order valence-corrected chi connectivity index (χ0v) is 11.1. The second-order valence-corrected chi connectivity index (χ2v) is 4.42. The highest BCUT2D eigenvalue weighted by molar-refractivity contribution is 5.45. The average molecular weight is 296 g/mol. The molecule has 3 N–H and O–H groups in total. The van der Waals surface area contributed by atoms with Gasteiger partial charge in [0.1, 0.15) is 5.75 Å². The van der Waals surface area contributed by atoms with Crippen molar-refractivity contribution in [2.24, 2.45) is 5.73 Å². The fraction of sp³-hybridized carbons (Fsp3) is 0.200. The Kier molecular flexibility index (Phi) is 4.70. The van der Waals surface area contributed by atoms with Crippen molar-refractivity contribution < 1.29 is 17.9 Å². The summed E-state index contributed by atoms with van der Waals surface area (Å²) in [4.78, 5) is 0. The molecule has 0 heterocycles. The highest BCUT2D eigenvalue weighted by atomic mass is 19.4. The number of benzene rings is 2. The van der Waals surface area contributed by atoms with E-state index in [9.17, 15) is 13.2 Å². The first-order chi connectivity index (χ1) is 9.98. The molecule has 3 nitrogen and oxygen atoms in total. The number of alkyl halides is 3. The Morgan fingerprint density at radius 3 is 2.14 bits per heavy atom. The highest BCUT2D eigenvalue weighted by Gasteiger charge is 2.31. The lowest BCUT2D eigenvalue weighted by atomic mass is 10.1. The topological polar surface area (TPSA) is 47.3 Å². The van der Waals surface area contributed by atoms with Gasteiger partial charge in [-0.15, -0.1) is 13.2 Å². The summed E-state index contributed by atoms with van der Waals surface area (Å²) in [5, 5.41) is 3.22. The van der Waals surface area contributed by atoms with Crippen LogP contribution in [0.3, 0.4) is 0 Å². The van der Waals surface area contributed by atoms with E-state index in [0.717, 1.165) is 11.3 Å². The molecule has 0 spiro atoms. The summed E-state index contributed by atoms with van der Waals surface area (Å²) in [6.07, 6.45) is -4.68. The summed E-state index contributed by atoms with van der Waals surface area (Å²) >= 11 is 0. The lowest BCUT2D eigenvalue weighted by Gasteiger charge is -2.19. The number of rotatable bonds is 5. The van der Waals surface area contributed by atoms with Gasteiger partial charge in [-0.2, -0.15) is 0 Å². The molecular formula is C15H15F3N2O. The number of nitrogens with one attached hydrogen (secondary N) is 1. The maximum Gasteiger partial charge on any atom is 0.573 e. The summed E-state index contributed by atoms with van der Waals surface area (Å²) in [6, 6.07) is 14.9. The SMILES string of the molecule is NCC(Nc1ccccc1)c1ccc(OC(F)(F)F)cc1. The van der Waals surface area contributed by atoms with Crippen molar-refractivity contribution in [3.63, 3.8) is 0 Å². The zero-order chi connectivity index (χ0) is 15.3. The molecule has 0 aliphatic rings. The first kappa shape index (κ1) is 15.2. The van der Waals surface area contributed by atoms with Gasteiger partial charge in [0.15, 0.2) is 0 Å². The van der Waals surface area contributed by atoms with Crippen LogP contribution in [0.4, 0.5) is 18.9 Å². The van der Waals surface area contributed by atoms with E-state index in [4.69, 9.17) is 5.73 Å². The second-order valence-electron chi connectivity index (χ2n) is 4.42. The molecule has 0 fully saturated rings. The first-order valence-electron chi connectivity index (χ1n) is 6.35. The number of anilines is 1. The van der Waals surface area contributed by atoms with Crippen molar-refractivity contribution >= 4 is 5.69 Å². The van der Waals surface area contributed by atoms with Crippen LogP contribution in [-0.4, -0.2) is 12.9 Å². The maximum atomic E-state index is 12.1. The average Bonchev–Trinajstić information content (AvgIpc) is 2.45. The summed E-state index contributed by atoms with van der Waals surface area (Å²) < 4.78 is 40.1. The Hall–Kier alpha value is -2.21. The summed E-state index contributed by atoms with van der Waals surface area (Å²) in [6.45, 7) is 0.314. The molecule has 1 atom stereocenters. The van der Waals surface area contributed by atoms with Crippen molar-refractivity contribution in [2.75, 3.05) is 11.9 Å². The lowest BCUT2D eigenvalue weighted by molar-refractivity contribution is -0.274. The smallest absolute Gasteiger partial charge is 0.406 e. The third-order valence-electron chi connectivity index (χ3n) is 2.87. The standard InChI is InChI=1S/C15H15F3N2O/c16-15(17,18)21-13-8-6-11(7-9-13)14(10-19)20-12-4-2-1-3-5-12/h1-9,14,20H,10,19H2. The van der Waals surface area contributed by atoms with Crippen molar-refractivity contribution in [2.45, 2.75) is 12.4 Å². The largest absolute Gasteiger partial charge is 0.573 e. The van der Waals surface area contributed by atoms with Gasteiger partial charge in [-0.3, -0.25) is 0 Å². The molecule has 1 unspecified atom stereocenters. The third kappa shape index (κ3) is 4.68. The van der Waals surface area contributed by atoms with Crippen molar-refractivity contribution in [1.82, 2.24) is 0 Å². The van der Waals surface area contributed by atoms with E-state index in [1.165, 1.54) is 12.1 Å². The summed E-state index contributed by atoms with van der Waals surface area (Å²) in [5.74, 6) is -0.248. The molecule has 0 bridgehead atoms. The summed E-state index contributed by atoms with van der Waals surface area (Å²) in [7, 11) is 0. The lowest BCUT2D eigenvalue weighted by Crippen LogP contribution is -2.21. The molecule has 21 heavy (non-hydrogen) atoms. The predicted octanol–water partition coefficient (Wildman–Crippen LogP) is 3.70. The molecular weight excluding hydrogens is 281 g/mol. The van der Waals surface area contributed by atoms with Crippen LogP contribution >= 0.6 is 0 Å². The predicted molar refractivity (Wildman–Crippen MR) is 75.0 cm³/mol. The quantitative estimate of drug-likeness (QED) is 0.884. The van der Waals surface area contributed by atoms with Crippen molar-refractivity contribution in [1.29, 1.82) is 0 Å². The van der Waals surface area contributed by atoms with Crippen LogP contribution in [0, 0.1) is 0 Å². The van der Waals surface area contributed by atoms with E-state index < -0.39 is 6.36 Å². The number of hydrogen-bond acceptors (Lipinski definition) is 3. The van der Waals surface area contributed by atoms with Gasteiger partial charge in [-0.05, 0) is 29.8 Å². The van der Waals surface area contributed by atoms with Crippen LogP contribution in [0.5, 0.6) is 5.75 Å². The molecule has 0 saturated heterocycles. The Morgan fingerprint density at radius 1 is 1.00 bits per heavy atom. The molecule has 6 heteroatoms. The molecule has 0 amide bonds. The van der Waals surface area contributed by atoms with E-state index in [0.29, 0.717) is 6.54 Å². The van der Waals surface area contributed by atoms with E-state index in [2.05, 4.69) is 10.1 Å². The van der Waals surface area contributed by atoms with Crippen LogP contribution in [0.2, 0.25) is 0 Å². The Morgan fingerprint density at radius 2 is 1.62 bits per heavy atom. The molecule has 112 valence electrons. The minimum absolute atomic E-state index is 0.188. The van der Waals surface area contributed by atoms with Crippen LogP contribution in [0.1, 0.15) is 11.6 Å². The van der Waals surface area contributed by atoms with Crippen LogP contribution in [-0.2, 0) is 0 Å². The van der Waals surface area contributed by atoms with Gasteiger partial charge < -0.3 is 15.8 Å². The monoisotopic (exact) mass is 296 g/mol. The van der Waals surface area contributed by atoms with Crippen LogP contribution < -0.4 is 15.8 Å². The number of para-hydroxylation sites is 1. The third-order valence-corrected chi connectivity index (χ3v) is 2.87. The highest BCUT2D eigenvalue weighted by Crippen LogP contribution is 2.25. The van der Waals surface area contributed by atoms with Gasteiger partial charge in [-0.1, -0.05) is 30.3 Å². The summed E-state index contributed by atoms with van der Waals surface area (Å²) in [5.41, 5.74) is 7.40. The Bertz CT molecular complexity index is 555. The Balaban J connectivity index is 2.08. The van der Waals surface area contributed by atoms with Crippen molar-refractivity contribution in [3.8, 4) is 5.75 Å². The van der Waals surface area contributed by atoms with E-state index >= 15 is 0 Å². The molecule has 2 aromatic rings. The number of nitrogens with two attached hydrogens (primary N) is 1. The molecule has 0 aliphatic heterocycles. The molecule has 0 aliphatic carbocycles. The minimum Gasteiger partial charge on any atom is -0.406 e. The van der Waals surface area contributed by atoms with E-state index in [1.54, 1.807) is 12.1 Å². The Labute approximate surface area is 120 Å². The number of ether oxygens (including phenoxy) is 1. The molecule has 2 rings (SSSR count). The van der Waals surface area contributed by atoms with E-state index in [1.807, 2.05) is 30.3 Å². The van der Waals surface area contributed by atoms with Gasteiger partial charge in [0.25, 0.3) is 0 Å². The minimum atomic E-state index is -4.68. The number of halogens is 3. The van der Waals surface area contributed by atoms with Gasteiger partial charge in [0, 0.05) is 12.2 Å². The zero-order valence-electron chi connectivity index (χ0n) is 11.1. The van der Waals surface area contributed by atoms with Gasteiger partial charge in [0.2, 0.25) is 0 Å². The van der Waals surface area contributed by atoms with E-state index in [-0.39, 0.29) is 11.8 Å². The second kappa shape index (κ2) is 6.49. The molecule has 0 aromatic heterocycles. The maximum absolute atomic E-state index is 12.1. The molecule has 0 saturated carbocycles. The fourth-order valence-corrected chi connectivity index (χ4v) is 1.92. The van der Waals surface area contributed by atoms with Crippen molar-refractivity contribution in [3.05, 3.63) is 60.2 Å². The molecule has 0 radical (unpaired) electrons. The van der Waals surface area contributed by atoms with Crippen LogP contribution in [0.25, 0.3) is 0 Å². The fourth-order valence-electron chi connectivity index (χ4n) is 1.92. The molecule has 2 aromatic carbocycles. The van der Waals surface area contributed by atoms with Gasteiger partial charge in [0.05, 0.1) is 6.04 Å². The first-order valence-corrected chi connectivity index (χ1v) is 6.35. The van der Waals surface area contributed by atoms with Gasteiger partial charge in [-0.25, -0.2) is 0 Å².